The molecule has 2 aromatic rings. The zero-order chi connectivity index (χ0) is 22.6. The standard InChI is InChI=1S/C26H34N4O3/c1-33-20-4-3-7-29(15-20)25(32)21-16-30-22(27-21)5-2-6-23(30)28-24(31)14-26-11-17-8-18(12-26)10-19(9-17)13-26/h2,5-6,16-20H,3-4,7-15H2,1H3,(H,28,31). The fourth-order valence-electron chi connectivity index (χ4n) is 7.73. The smallest absolute Gasteiger partial charge is 0.274 e. The van der Waals surface area contributed by atoms with E-state index in [1.54, 1.807) is 13.3 Å². The van der Waals surface area contributed by atoms with Crippen LogP contribution in [-0.4, -0.2) is 52.4 Å². The molecule has 33 heavy (non-hydrogen) atoms. The van der Waals surface area contributed by atoms with Gasteiger partial charge in [-0.25, -0.2) is 4.98 Å². The maximum Gasteiger partial charge on any atom is 0.274 e. The summed E-state index contributed by atoms with van der Waals surface area (Å²) in [5.74, 6) is 3.20. The first-order valence-corrected chi connectivity index (χ1v) is 12.6. The highest BCUT2D eigenvalue weighted by atomic mass is 16.5. The van der Waals surface area contributed by atoms with Crippen molar-refractivity contribution in [2.75, 3.05) is 25.5 Å². The number of ether oxygens (including phenoxy) is 1. The van der Waals surface area contributed by atoms with Gasteiger partial charge in [0.05, 0.1) is 6.10 Å². The van der Waals surface area contributed by atoms with E-state index in [-0.39, 0.29) is 23.3 Å². The summed E-state index contributed by atoms with van der Waals surface area (Å²) in [6, 6.07) is 5.65. The average Bonchev–Trinajstić information content (AvgIpc) is 3.23. The minimum Gasteiger partial charge on any atom is -0.380 e. The van der Waals surface area contributed by atoms with Crippen molar-refractivity contribution in [2.45, 2.75) is 63.9 Å². The molecule has 4 bridgehead atoms. The van der Waals surface area contributed by atoms with Crippen LogP contribution in [0.5, 0.6) is 0 Å². The van der Waals surface area contributed by atoms with E-state index < -0.39 is 0 Å². The zero-order valence-corrected chi connectivity index (χ0v) is 19.5. The summed E-state index contributed by atoms with van der Waals surface area (Å²) < 4.78 is 7.30. The lowest BCUT2D eigenvalue weighted by molar-refractivity contribution is -0.124. The van der Waals surface area contributed by atoms with Gasteiger partial charge in [0.25, 0.3) is 5.91 Å². The lowest BCUT2D eigenvalue weighted by Gasteiger charge is -2.56. The van der Waals surface area contributed by atoms with Crippen molar-refractivity contribution in [3.63, 3.8) is 0 Å². The molecular formula is C26H34N4O3. The summed E-state index contributed by atoms with van der Waals surface area (Å²) in [5.41, 5.74) is 1.29. The number of carbonyl (C=O) groups is 2. The van der Waals surface area contributed by atoms with E-state index in [9.17, 15) is 9.59 Å². The maximum absolute atomic E-state index is 13.2. The van der Waals surface area contributed by atoms with Crippen LogP contribution < -0.4 is 5.32 Å². The van der Waals surface area contributed by atoms with Crippen LogP contribution in [0.25, 0.3) is 5.65 Å². The normalized spacial score (nSPS) is 32.9. The second kappa shape index (κ2) is 8.12. The number of hydrogen-bond acceptors (Lipinski definition) is 4. The molecule has 0 radical (unpaired) electrons. The van der Waals surface area contributed by atoms with E-state index >= 15 is 0 Å². The van der Waals surface area contributed by atoms with E-state index in [4.69, 9.17) is 4.74 Å². The lowest BCUT2D eigenvalue weighted by Crippen LogP contribution is -2.47. The van der Waals surface area contributed by atoms with E-state index in [1.807, 2.05) is 27.5 Å². The number of aromatic nitrogens is 2. The Kier molecular flexibility index (Phi) is 5.20. The van der Waals surface area contributed by atoms with Crippen molar-refractivity contribution in [3.8, 4) is 0 Å². The predicted octanol–water partition coefficient (Wildman–Crippen LogP) is 4.13. The summed E-state index contributed by atoms with van der Waals surface area (Å²) in [5, 5.41) is 3.15. The average molecular weight is 451 g/mol. The lowest BCUT2D eigenvalue weighted by atomic mass is 9.49. The number of imidazole rings is 1. The van der Waals surface area contributed by atoms with Crippen LogP contribution in [0.1, 0.15) is 68.3 Å². The Hall–Kier alpha value is -2.41. The Morgan fingerprint density at radius 3 is 2.58 bits per heavy atom. The van der Waals surface area contributed by atoms with Crippen molar-refractivity contribution < 1.29 is 14.3 Å². The molecule has 5 aliphatic rings. The third-order valence-corrected chi connectivity index (χ3v) is 8.68. The van der Waals surface area contributed by atoms with Crippen LogP contribution >= 0.6 is 0 Å². The van der Waals surface area contributed by atoms with Crippen LogP contribution in [-0.2, 0) is 9.53 Å². The summed E-state index contributed by atoms with van der Waals surface area (Å²) >= 11 is 0. The Balaban J connectivity index is 1.18. The molecule has 1 N–H and O–H groups in total. The van der Waals surface area contributed by atoms with E-state index in [0.29, 0.717) is 30.1 Å². The molecule has 3 heterocycles. The van der Waals surface area contributed by atoms with Crippen molar-refractivity contribution >= 4 is 23.3 Å². The summed E-state index contributed by atoms with van der Waals surface area (Å²) in [6.07, 6.45) is 12.2. The van der Waals surface area contributed by atoms with Gasteiger partial charge in [0.1, 0.15) is 17.2 Å². The highest BCUT2D eigenvalue weighted by molar-refractivity contribution is 5.94. The van der Waals surface area contributed by atoms with Crippen LogP contribution in [0.2, 0.25) is 0 Å². The summed E-state index contributed by atoms with van der Waals surface area (Å²) in [6.45, 7) is 1.32. The highest BCUT2D eigenvalue weighted by Gasteiger charge is 2.51. The zero-order valence-electron chi connectivity index (χ0n) is 19.5. The van der Waals surface area contributed by atoms with Gasteiger partial charge in [0.15, 0.2) is 0 Å². The Morgan fingerprint density at radius 2 is 1.88 bits per heavy atom. The Morgan fingerprint density at radius 1 is 1.15 bits per heavy atom. The maximum atomic E-state index is 13.2. The number of methoxy groups -OCH3 is 1. The third kappa shape index (κ3) is 3.94. The SMILES string of the molecule is COC1CCCN(C(=O)c2cn3c(NC(=O)CC45CC6CC(CC(C6)C4)C5)cccc3n2)C1. The van der Waals surface area contributed by atoms with Crippen molar-refractivity contribution in [1.82, 2.24) is 14.3 Å². The molecule has 1 aliphatic heterocycles. The van der Waals surface area contributed by atoms with Crippen LogP contribution in [0.4, 0.5) is 5.82 Å². The molecule has 5 fully saturated rings. The second-order valence-corrected chi connectivity index (χ2v) is 11.2. The molecule has 1 atom stereocenters. The molecule has 7 nitrogen and oxygen atoms in total. The Labute approximate surface area is 194 Å². The molecule has 2 amide bonds. The molecular weight excluding hydrogens is 416 g/mol. The number of likely N-dealkylation sites (tertiary alicyclic amines) is 1. The van der Waals surface area contributed by atoms with E-state index in [2.05, 4.69) is 10.3 Å². The summed E-state index contributed by atoms with van der Waals surface area (Å²) in [7, 11) is 1.70. The van der Waals surface area contributed by atoms with Crippen molar-refractivity contribution in [1.29, 1.82) is 0 Å². The van der Waals surface area contributed by atoms with Gasteiger partial charge in [0, 0.05) is 32.8 Å². The number of nitrogens with zero attached hydrogens (tertiary/aromatic N) is 3. The van der Waals surface area contributed by atoms with Gasteiger partial charge in [0.2, 0.25) is 5.91 Å². The topological polar surface area (TPSA) is 75.9 Å². The number of anilines is 1. The number of pyridine rings is 1. The van der Waals surface area contributed by atoms with E-state index in [0.717, 1.165) is 37.1 Å². The van der Waals surface area contributed by atoms with Gasteiger partial charge in [-0.2, -0.15) is 0 Å². The largest absolute Gasteiger partial charge is 0.380 e. The number of rotatable bonds is 5. The quantitative estimate of drug-likeness (QED) is 0.743. The van der Waals surface area contributed by atoms with E-state index in [1.165, 1.54) is 38.5 Å². The monoisotopic (exact) mass is 450 g/mol. The van der Waals surface area contributed by atoms with Crippen LogP contribution in [0, 0.1) is 23.2 Å². The molecule has 0 aromatic carbocycles. The predicted molar refractivity (Wildman–Crippen MR) is 125 cm³/mol. The molecule has 2 aromatic heterocycles. The molecule has 1 saturated heterocycles. The molecule has 1 unspecified atom stereocenters. The first kappa shape index (κ1) is 21.1. The highest BCUT2D eigenvalue weighted by Crippen LogP contribution is 2.61. The number of amides is 2. The second-order valence-electron chi connectivity index (χ2n) is 11.2. The fourth-order valence-corrected chi connectivity index (χ4v) is 7.73. The molecule has 7 heteroatoms. The van der Waals surface area contributed by atoms with Crippen LogP contribution in [0.3, 0.4) is 0 Å². The molecule has 7 rings (SSSR count). The third-order valence-electron chi connectivity index (χ3n) is 8.68. The molecule has 0 spiro atoms. The van der Waals surface area contributed by atoms with Gasteiger partial charge in [-0.3, -0.25) is 14.0 Å². The molecule has 4 aliphatic carbocycles. The number of fused-ring (bicyclic) bond motifs is 1. The fraction of sp³-hybridized carbons (Fsp3) is 0.654. The van der Waals surface area contributed by atoms with Gasteiger partial charge in [-0.1, -0.05) is 6.07 Å². The van der Waals surface area contributed by atoms with Crippen LogP contribution in [0.15, 0.2) is 24.4 Å². The number of nitrogens with one attached hydrogen (secondary N) is 1. The Bertz CT molecular complexity index is 1040. The first-order chi connectivity index (χ1) is 16.0. The van der Waals surface area contributed by atoms with Gasteiger partial charge < -0.3 is 15.0 Å². The van der Waals surface area contributed by atoms with Crippen molar-refractivity contribution in [3.05, 3.63) is 30.1 Å². The van der Waals surface area contributed by atoms with Crippen molar-refractivity contribution in [2.24, 2.45) is 23.2 Å². The summed E-state index contributed by atoms with van der Waals surface area (Å²) in [4.78, 5) is 32.6. The van der Waals surface area contributed by atoms with Gasteiger partial charge in [-0.15, -0.1) is 0 Å². The molecule has 4 saturated carbocycles. The number of carbonyl (C=O) groups excluding carboxylic acids is 2. The minimum atomic E-state index is -0.0775. The number of hydrogen-bond donors (Lipinski definition) is 1. The van der Waals surface area contributed by atoms with Gasteiger partial charge >= 0.3 is 0 Å². The molecule has 176 valence electrons. The van der Waals surface area contributed by atoms with Gasteiger partial charge in [-0.05, 0) is 86.7 Å². The number of piperidine rings is 1. The first-order valence-electron chi connectivity index (χ1n) is 12.6. The minimum absolute atomic E-state index is 0.0775.